The zero-order valence-electron chi connectivity index (χ0n) is 16.8. The third-order valence-electron chi connectivity index (χ3n) is 5.63. The van der Waals surface area contributed by atoms with Crippen LogP contribution in [0.5, 0.6) is 5.75 Å². The quantitative estimate of drug-likeness (QED) is 0.496. The zero-order chi connectivity index (χ0) is 20.1. The molecule has 3 rings (SSSR count). The van der Waals surface area contributed by atoms with Crippen LogP contribution >= 0.6 is 0 Å². The van der Waals surface area contributed by atoms with Crippen molar-refractivity contribution in [3.63, 3.8) is 0 Å². The molecule has 2 aliphatic rings. The number of carbonyl (C=O) groups is 2. The van der Waals surface area contributed by atoms with Gasteiger partial charge in [0.2, 0.25) is 0 Å². The van der Waals surface area contributed by atoms with Gasteiger partial charge < -0.3 is 15.0 Å². The summed E-state index contributed by atoms with van der Waals surface area (Å²) in [5, 5.41) is 13.5. The summed E-state index contributed by atoms with van der Waals surface area (Å²) in [6, 6.07) is 5.42. The maximum Gasteiger partial charge on any atom is 0.526 e. The molecule has 2 aliphatic heterocycles. The first-order valence-electron chi connectivity index (χ1n) is 10.1. The standard InChI is InChI=1S/C20H30BN3O4/c1-15(25)19-5-3-4-16-12-17(21(27)28-20(16)19)13-18(26)14-24-10-8-23(9-11-24)7-6-22-2/h3-5,17,22,27H,6-14H2,1-2H3/t17-/m1/s1. The SMILES string of the molecule is CNCCN1CCN(CC(=O)C[C@H]2Cc3cccc(C(C)=O)c3OB2O)CC1. The molecule has 0 aromatic heterocycles. The molecule has 2 heterocycles. The largest absolute Gasteiger partial charge is 0.535 e. The van der Waals surface area contributed by atoms with Crippen LogP contribution in [0.25, 0.3) is 0 Å². The molecule has 28 heavy (non-hydrogen) atoms. The number of likely N-dealkylation sites (N-methyl/N-ethyl adjacent to an activating group) is 1. The number of hydrogen-bond donors (Lipinski definition) is 2. The molecule has 152 valence electrons. The van der Waals surface area contributed by atoms with Crippen LogP contribution in [-0.2, 0) is 11.2 Å². The van der Waals surface area contributed by atoms with Crippen molar-refractivity contribution >= 4 is 18.7 Å². The lowest BCUT2D eigenvalue weighted by atomic mass is 9.64. The van der Waals surface area contributed by atoms with E-state index in [1.54, 1.807) is 6.07 Å². The Kier molecular flexibility index (Phi) is 7.23. The molecule has 8 heteroatoms. The number of carbonyl (C=O) groups excluding carboxylic acids is 2. The molecular weight excluding hydrogens is 357 g/mol. The minimum Gasteiger partial charge on any atom is -0.535 e. The van der Waals surface area contributed by atoms with Crippen molar-refractivity contribution in [1.29, 1.82) is 0 Å². The summed E-state index contributed by atoms with van der Waals surface area (Å²) in [4.78, 5) is 28.9. The number of hydrogen-bond acceptors (Lipinski definition) is 7. The molecule has 1 fully saturated rings. The first-order chi connectivity index (χ1) is 13.5. The number of nitrogens with one attached hydrogen (secondary N) is 1. The fourth-order valence-electron chi connectivity index (χ4n) is 3.98. The van der Waals surface area contributed by atoms with Crippen LogP contribution in [0.3, 0.4) is 0 Å². The number of fused-ring (bicyclic) bond motifs is 1. The number of nitrogens with zero attached hydrogens (tertiary/aromatic N) is 2. The highest BCUT2D eigenvalue weighted by atomic mass is 16.5. The molecule has 1 saturated heterocycles. The van der Waals surface area contributed by atoms with Gasteiger partial charge in [-0.15, -0.1) is 0 Å². The monoisotopic (exact) mass is 387 g/mol. The normalized spacial score (nSPS) is 20.5. The summed E-state index contributed by atoms with van der Waals surface area (Å²) in [5.41, 5.74) is 1.37. The van der Waals surface area contributed by atoms with Crippen LogP contribution < -0.4 is 9.97 Å². The third-order valence-corrected chi connectivity index (χ3v) is 5.63. The number of piperazine rings is 1. The van der Waals surface area contributed by atoms with Crippen LogP contribution in [0.2, 0.25) is 5.82 Å². The number of ketones is 2. The van der Waals surface area contributed by atoms with E-state index in [2.05, 4.69) is 15.1 Å². The summed E-state index contributed by atoms with van der Waals surface area (Å²) in [5.74, 6) is 0.220. The van der Waals surface area contributed by atoms with Crippen molar-refractivity contribution in [3.8, 4) is 5.75 Å². The number of rotatable bonds is 8. The second-order valence-corrected chi connectivity index (χ2v) is 7.79. The Bertz CT molecular complexity index is 707. The molecule has 0 radical (unpaired) electrons. The number of benzene rings is 1. The number of Topliss-reactive ketones (excluding diaryl/α,β-unsaturated/α-hetero) is 2. The van der Waals surface area contributed by atoms with E-state index in [-0.39, 0.29) is 23.8 Å². The Balaban J connectivity index is 1.51. The minimum atomic E-state index is -1.06. The Morgan fingerprint density at radius 3 is 2.64 bits per heavy atom. The van der Waals surface area contributed by atoms with Crippen molar-refractivity contribution in [2.24, 2.45) is 0 Å². The molecule has 1 aromatic carbocycles. The maximum absolute atomic E-state index is 12.6. The molecule has 0 bridgehead atoms. The Labute approximate surface area is 167 Å². The van der Waals surface area contributed by atoms with Gasteiger partial charge in [0.25, 0.3) is 0 Å². The smallest absolute Gasteiger partial charge is 0.526 e. The van der Waals surface area contributed by atoms with Crippen LogP contribution in [0.4, 0.5) is 0 Å². The van der Waals surface area contributed by atoms with Crippen molar-refractivity contribution < 1.29 is 19.3 Å². The Morgan fingerprint density at radius 2 is 1.96 bits per heavy atom. The predicted octanol–water partition coefficient (Wildman–Crippen LogP) is 0.471. The average Bonchev–Trinajstić information content (AvgIpc) is 2.67. The van der Waals surface area contributed by atoms with E-state index in [1.807, 2.05) is 19.2 Å². The van der Waals surface area contributed by atoms with Crippen molar-refractivity contribution in [1.82, 2.24) is 15.1 Å². The lowest BCUT2D eigenvalue weighted by molar-refractivity contribution is -0.120. The fraction of sp³-hybridized carbons (Fsp3) is 0.600. The van der Waals surface area contributed by atoms with Crippen LogP contribution in [-0.4, -0.2) is 86.4 Å². The molecular formula is C20H30BN3O4. The van der Waals surface area contributed by atoms with Crippen molar-refractivity contribution in [2.75, 3.05) is 52.9 Å². The highest BCUT2D eigenvalue weighted by Crippen LogP contribution is 2.36. The average molecular weight is 387 g/mol. The fourth-order valence-corrected chi connectivity index (χ4v) is 3.98. The lowest BCUT2D eigenvalue weighted by Gasteiger charge is -2.34. The number of para-hydroxylation sites is 1. The summed E-state index contributed by atoms with van der Waals surface area (Å²) in [6.45, 7) is 7.66. The van der Waals surface area contributed by atoms with Crippen molar-refractivity contribution in [2.45, 2.75) is 25.6 Å². The van der Waals surface area contributed by atoms with E-state index in [9.17, 15) is 14.6 Å². The molecule has 0 aliphatic carbocycles. The summed E-state index contributed by atoms with van der Waals surface area (Å²) in [7, 11) is 0.896. The zero-order valence-corrected chi connectivity index (χ0v) is 16.8. The van der Waals surface area contributed by atoms with Gasteiger partial charge in [0.15, 0.2) is 5.78 Å². The van der Waals surface area contributed by atoms with E-state index in [1.165, 1.54) is 6.92 Å². The summed E-state index contributed by atoms with van der Waals surface area (Å²) < 4.78 is 5.64. The second kappa shape index (κ2) is 9.65. The van der Waals surface area contributed by atoms with Gasteiger partial charge in [-0.2, -0.15) is 0 Å². The first-order valence-corrected chi connectivity index (χ1v) is 10.1. The highest BCUT2D eigenvalue weighted by molar-refractivity contribution is 6.47. The molecule has 0 unspecified atom stereocenters. The molecule has 2 N–H and O–H groups in total. The van der Waals surface area contributed by atoms with Gasteiger partial charge in [-0.25, -0.2) is 0 Å². The topological polar surface area (TPSA) is 82.1 Å². The van der Waals surface area contributed by atoms with Gasteiger partial charge in [-0.1, -0.05) is 12.1 Å². The summed E-state index contributed by atoms with van der Waals surface area (Å²) >= 11 is 0. The van der Waals surface area contributed by atoms with E-state index in [0.717, 1.165) is 44.8 Å². The van der Waals surface area contributed by atoms with Crippen LogP contribution in [0, 0.1) is 0 Å². The molecule has 0 amide bonds. The van der Waals surface area contributed by atoms with E-state index in [0.29, 0.717) is 24.3 Å². The highest BCUT2D eigenvalue weighted by Gasteiger charge is 2.37. The molecule has 0 spiro atoms. The van der Waals surface area contributed by atoms with Gasteiger partial charge in [-0.05, 0) is 32.0 Å². The lowest BCUT2D eigenvalue weighted by Crippen LogP contribution is -2.49. The van der Waals surface area contributed by atoms with E-state index in [4.69, 9.17) is 4.65 Å². The Morgan fingerprint density at radius 1 is 1.25 bits per heavy atom. The predicted molar refractivity (Wildman–Crippen MR) is 109 cm³/mol. The van der Waals surface area contributed by atoms with Crippen molar-refractivity contribution in [3.05, 3.63) is 29.3 Å². The molecule has 7 nitrogen and oxygen atoms in total. The Hall–Kier alpha value is -1.74. The molecule has 1 atom stereocenters. The van der Waals surface area contributed by atoms with E-state index < -0.39 is 7.12 Å². The second-order valence-electron chi connectivity index (χ2n) is 7.79. The summed E-state index contributed by atoms with van der Waals surface area (Å²) in [6.07, 6.45) is 0.825. The molecule has 1 aromatic rings. The third kappa shape index (κ3) is 5.20. The van der Waals surface area contributed by atoms with Gasteiger partial charge in [0, 0.05) is 51.5 Å². The van der Waals surface area contributed by atoms with E-state index >= 15 is 0 Å². The van der Waals surface area contributed by atoms with Gasteiger partial charge in [0.05, 0.1) is 12.1 Å². The van der Waals surface area contributed by atoms with Crippen LogP contribution in [0.1, 0.15) is 29.3 Å². The minimum absolute atomic E-state index is 0.0903. The van der Waals surface area contributed by atoms with Crippen LogP contribution in [0.15, 0.2) is 18.2 Å². The molecule has 0 saturated carbocycles. The van der Waals surface area contributed by atoms with Gasteiger partial charge >= 0.3 is 7.12 Å². The van der Waals surface area contributed by atoms with Gasteiger partial charge in [0.1, 0.15) is 11.5 Å². The maximum atomic E-state index is 12.6. The first kappa shape index (κ1) is 21.0. The van der Waals surface area contributed by atoms with Gasteiger partial charge in [-0.3, -0.25) is 19.4 Å².